The molecule has 4 N–H and O–H groups in total. The van der Waals surface area contributed by atoms with Crippen molar-refractivity contribution < 1.29 is 9.59 Å². The maximum absolute atomic E-state index is 11.9. The number of nitrogen functional groups attached to an aromatic ring is 1. The number of hydrogen-bond acceptors (Lipinski definition) is 3. The van der Waals surface area contributed by atoms with E-state index in [1.165, 1.54) is 4.90 Å². The third-order valence-corrected chi connectivity index (χ3v) is 3.98. The normalized spacial score (nSPS) is 19.3. The van der Waals surface area contributed by atoms with Gasteiger partial charge in [-0.1, -0.05) is 15.9 Å². The summed E-state index contributed by atoms with van der Waals surface area (Å²) in [5.74, 6) is -0.994. The van der Waals surface area contributed by atoms with Crippen LogP contribution in [0, 0.1) is 12.8 Å². The molecular formula is C12H14BrN3O2. The Balaban J connectivity index is 2.35. The van der Waals surface area contributed by atoms with Gasteiger partial charge in [0.2, 0.25) is 11.8 Å². The number of carbonyl (C=O) groups excluding carboxylic acids is 2. The number of anilines is 2. The number of primary amides is 1. The van der Waals surface area contributed by atoms with Crippen LogP contribution in [0.5, 0.6) is 0 Å². The zero-order chi connectivity index (χ0) is 13.4. The van der Waals surface area contributed by atoms with E-state index < -0.39 is 11.8 Å². The van der Waals surface area contributed by atoms with Gasteiger partial charge in [-0.15, -0.1) is 0 Å². The van der Waals surface area contributed by atoms with Crippen LogP contribution in [0.1, 0.15) is 12.0 Å². The van der Waals surface area contributed by atoms with Crippen molar-refractivity contribution in [2.24, 2.45) is 11.7 Å². The lowest BCUT2D eigenvalue weighted by Crippen LogP contribution is -2.29. The number of halogens is 1. The van der Waals surface area contributed by atoms with Crippen molar-refractivity contribution in [1.29, 1.82) is 0 Å². The summed E-state index contributed by atoms with van der Waals surface area (Å²) in [6.45, 7) is 2.22. The fraction of sp³-hybridized carbons (Fsp3) is 0.333. The molecule has 96 valence electrons. The van der Waals surface area contributed by atoms with Crippen LogP contribution in [0.25, 0.3) is 0 Å². The first kappa shape index (κ1) is 12.9. The van der Waals surface area contributed by atoms with Gasteiger partial charge >= 0.3 is 0 Å². The molecule has 1 atom stereocenters. The average Bonchev–Trinajstić information content (AvgIpc) is 2.66. The molecule has 0 bridgehead atoms. The molecular weight excluding hydrogens is 298 g/mol. The maximum atomic E-state index is 11.9. The summed E-state index contributed by atoms with van der Waals surface area (Å²) in [5.41, 5.74) is 13.3. The number of nitrogens with two attached hydrogens (primary N) is 2. The van der Waals surface area contributed by atoms with Crippen molar-refractivity contribution in [3.8, 4) is 0 Å². The van der Waals surface area contributed by atoms with Gasteiger partial charge in [-0.2, -0.15) is 0 Å². The van der Waals surface area contributed by atoms with Crippen LogP contribution in [-0.4, -0.2) is 18.4 Å². The van der Waals surface area contributed by atoms with Gasteiger partial charge in [0.25, 0.3) is 0 Å². The zero-order valence-corrected chi connectivity index (χ0v) is 11.5. The second-order valence-corrected chi connectivity index (χ2v) is 5.32. The highest BCUT2D eigenvalue weighted by Crippen LogP contribution is 2.33. The van der Waals surface area contributed by atoms with Crippen LogP contribution >= 0.6 is 15.9 Å². The summed E-state index contributed by atoms with van der Waals surface area (Å²) in [5, 5.41) is 0. The number of amides is 2. The molecule has 0 aliphatic carbocycles. The molecule has 2 rings (SSSR count). The summed E-state index contributed by atoms with van der Waals surface area (Å²) in [6, 6.07) is 3.59. The summed E-state index contributed by atoms with van der Waals surface area (Å²) in [6.07, 6.45) is 0.157. The minimum absolute atomic E-state index is 0.118. The number of nitrogens with zero attached hydrogens (tertiary/aromatic N) is 1. The van der Waals surface area contributed by atoms with Crippen LogP contribution in [0.4, 0.5) is 11.4 Å². The Kier molecular flexibility index (Phi) is 3.30. The Morgan fingerprint density at radius 2 is 2.17 bits per heavy atom. The van der Waals surface area contributed by atoms with E-state index in [1.807, 2.05) is 13.0 Å². The quantitative estimate of drug-likeness (QED) is 0.804. The first-order chi connectivity index (χ1) is 8.40. The predicted molar refractivity (Wildman–Crippen MR) is 72.9 cm³/mol. The minimum Gasteiger partial charge on any atom is -0.397 e. The van der Waals surface area contributed by atoms with Gasteiger partial charge in [-0.25, -0.2) is 0 Å². The first-order valence-electron chi connectivity index (χ1n) is 5.55. The monoisotopic (exact) mass is 311 g/mol. The van der Waals surface area contributed by atoms with Crippen LogP contribution in [0.3, 0.4) is 0 Å². The van der Waals surface area contributed by atoms with Gasteiger partial charge in [0.15, 0.2) is 0 Å². The van der Waals surface area contributed by atoms with E-state index in [9.17, 15) is 9.59 Å². The first-order valence-corrected chi connectivity index (χ1v) is 6.34. The fourth-order valence-corrected chi connectivity index (χ4v) is 2.41. The Morgan fingerprint density at radius 3 is 2.72 bits per heavy atom. The maximum Gasteiger partial charge on any atom is 0.227 e. The van der Waals surface area contributed by atoms with Crippen molar-refractivity contribution >= 4 is 39.1 Å². The zero-order valence-electron chi connectivity index (χ0n) is 9.94. The highest BCUT2D eigenvalue weighted by atomic mass is 79.9. The van der Waals surface area contributed by atoms with Gasteiger partial charge in [-0.3, -0.25) is 9.59 Å². The lowest BCUT2D eigenvalue weighted by molar-refractivity contribution is -0.123. The molecule has 5 nitrogen and oxygen atoms in total. The van der Waals surface area contributed by atoms with E-state index in [2.05, 4.69) is 15.9 Å². The molecule has 1 aromatic rings. The van der Waals surface area contributed by atoms with E-state index in [1.54, 1.807) is 6.07 Å². The van der Waals surface area contributed by atoms with E-state index in [4.69, 9.17) is 11.5 Å². The number of rotatable bonds is 2. The van der Waals surface area contributed by atoms with Crippen molar-refractivity contribution in [1.82, 2.24) is 0 Å². The summed E-state index contributed by atoms with van der Waals surface area (Å²) in [4.78, 5) is 24.6. The van der Waals surface area contributed by atoms with Crippen molar-refractivity contribution in [3.63, 3.8) is 0 Å². The number of carbonyl (C=O) groups is 2. The lowest BCUT2D eigenvalue weighted by Gasteiger charge is -2.19. The Morgan fingerprint density at radius 1 is 1.50 bits per heavy atom. The van der Waals surface area contributed by atoms with Crippen LogP contribution in [-0.2, 0) is 9.59 Å². The van der Waals surface area contributed by atoms with Gasteiger partial charge in [0, 0.05) is 17.4 Å². The molecule has 18 heavy (non-hydrogen) atoms. The van der Waals surface area contributed by atoms with E-state index in [0.717, 1.165) is 10.0 Å². The van der Waals surface area contributed by atoms with Crippen molar-refractivity contribution in [2.75, 3.05) is 17.2 Å². The molecule has 0 radical (unpaired) electrons. The molecule has 0 saturated carbocycles. The summed E-state index contributed by atoms with van der Waals surface area (Å²) < 4.78 is 0.891. The SMILES string of the molecule is Cc1cc(N2CC(C(N)=O)CC2=O)c(N)cc1Br. The van der Waals surface area contributed by atoms with Crippen LogP contribution in [0.2, 0.25) is 0 Å². The molecule has 0 spiro atoms. The predicted octanol–water partition coefficient (Wildman–Crippen LogP) is 1.18. The highest BCUT2D eigenvalue weighted by molar-refractivity contribution is 9.10. The summed E-state index contributed by atoms with van der Waals surface area (Å²) in [7, 11) is 0. The van der Waals surface area contributed by atoms with E-state index >= 15 is 0 Å². The smallest absolute Gasteiger partial charge is 0.227 e. The van der Waals surface area contributed by atoms with E-state index in [-0.39, 0.29) is 12.3 Å². The average molecular weight is 312 g/mol. The Hall–Kier alpha value is -1.56. The van der Waals surface area contributed by atoms with Gasteiger partial charge in [0.05, 0.1) is 17.3 Å². The fourth-order valence-electron chi connectivity index (χ4n) is 2.05. The lowest BCUT2D eigenvalue weighted by atomic mass is 10.1. The minimum atomic E-state index is -0.446. The van der Waals surface area contributed by atoms with Crippen LogP contribution in [0.15, 0.2) is 16.6 Å². The molecule has 1 unspecified atom stereocenters. The standard InChI is InChI=1S/C12H14BrN3O2/c1-6-2-10(9(14)4-8(6)13)16-5-7(12(15)18)3-11(16)17/h2,4,7H,3,5,14H2,1H3,(H2,15,18). The van der Waals surface area contributed by atoms with Gasteiger partial charge in [-0.05, 0) is 24.6 Å². The third-order valence-electron chi connectivity index (χ3n) is 3.13. The Bertz CT molecular complexity index is 530. The molecule has 1 aliphatic rings. The number of benzene rings is 1. The van der Waals surface area contributed by atoms with Crippen molar-refractivity contribution in [3.05, 3.63) is 22.2 Å². The third kappa shape index (κ3) is 2.20. The molecule has 0 aromatic heterocycles. The largest absolute Gasteiger partial charge is 0.397 e. The number of hydrogen-bond donors (Lipinski definition) is 2. The summed E-state index contributed by atoms with van der Waals surface area (Å²) >= 11 is 3.38. The Labute approximate surface area is 113 Å². The second-order valence-electron chi connectivity index (χ2n) is 4.47. The number of aryl methyl sites for hydroxylation is 1. The van der Waals surface area contributed by atoms with Gasteiger partial charge in [0.1, 0.15) is 0 Å². The van der Waals surface area contributed by atoms with E-state index in [0.29, 0.717) is 17.9 Å². The molecule has 1 fully saturated rings. The molecule has 1 aromatic carbocycles. The molecule has 2 amide bonds. The van der Waals surface area contributed by atoms with Crippen LogP contribution < -0.4 is 16.4 Å². The highest BCUT2D eigenvalue weighted by Gasteiger charge is 2.34. The molecule has 1 saturated heterocycles. The molecule has 1 aliphatic heterocycles. The molecule has 6 heteroatoms. The van der Waals surface area contributed by atoms with Crippen molar-refractivity contribution in [2.45, 2.75) is 13.3 Å². The topological polar surface area (TPSA) is 89.4 Å². The molecule has 1 heterocycles. The second kappa shape index (κ2) is 4.61. The van der Waals surface area contributed by atoms with Gasteiger partial charge < -0.3 is 16.4 Å².